The molecular weight excluding hydrogens is 240 g/mol. The van der Waals surface area contributed by atoms with Crippen LogP contribution in [-0.2, 0) is 9.59 Å². The Bertz CT molecular complexity index is 403. The Labute approximate surface area is 106 Å². The number of hydrogen-bond donors (Lipinski definition) is 1. The second kappa shape index (κ2) is 6.25. The summed E-state index contributed by atoms with van der Waals surface area (Å²) in [4.78, 5) is 24.1. The van der Waals surface area contributed by atoms with Crippen molar-refractivity contribution in [3.05, 3.63) is 24.3 Å². The third-order valence-electron chi connectivity index (χ3n) is 2.34. The molecule has 0 bridgehead atoms. The van der Waals surface area contributed by atoms with Crippen LogP contribution in [0.25, 0.3) is 0 Å². The zero-order chi connectivity index (χ0) is 12.8. The van der Waals surface area contributed by atoms with Crippen molar-refractivity contribution in [3.63, 3.8) is 0 Å². The molecule has 0 spiro atoms. The molecule has 0 saturated heterocycles. The van der Waals surface area contributed by atoms with Gasteiger partial charge < -0.3 is 10.2 Å². The van der Waals surface area contributed by atoms with Crippen molar-refractivity contribution < 1.29 is 9.59 Å². The molecule has 1 aromatic carbocycles. The minimum atomic E-state index is -0.252. The largest absolute Gasteiger partial charge is 0.325 e. The van der Waals surface area contributed by atoms with Gasteiger partial charge in [0.05, 0.1) is 0 Å². The average molecular weight is 255 g/mol. The zero-order valence-corrected chi connectivity index (χ0v) is 10.6. The standard InChI is InChI=1S/C12H15ClN2O2/c1-3-12(17)15(2)10-6-4-9(5-7-10)14-11(16)8-13/h4-7H,3,8H2,1-2H3,(H,14,16). The van der Waals surface area contributed by atoms with Gasteiger partial charge in [0.15, 0.2) is 0 Å². The normalized spacial score (nSPS) is 9.82. The molecule has 1 aromatic rings. The summed E-state index contributed by atoms with van der Waals surface area (Å²) >= 11 is 5.38. The van der Waals surface area contributed by atoms with E-state index in [-0.39, 0.29) is 17.7 Å². The number of amides is 2. The van der Waals surface area contributed by atoms with E-state index in [0.717, 1.165) is 5.69 Å². The van der Waals surface area contributed by atoms with E-state index in [2.05, 4.69) is 5.32 Å². The van der Waals surface area contributed by atoms with Crippen molar-refractivity contribution in [2.45, 2.75) is 13.3 Å². The van der Waals surface area contributed by atoms with E-state index in [4.69, 9.17) is 11.6 Å². The maximum absolute atomic E-state index is 11.5. The molecule has 17 heavy (non-hydrogen) atoms. The summed E-state index contributed by atoms with van der Waals surface area (Å²) in [7, 11) is 1.72. The van der Waals surface area contributed by atoms with Crippen LogP contribution in [0.15, 0.2) is 24.3 Å². The molecule has 0 aromatic heterocycles. The van der Waals surface area contributed by atoms with Crippen LogP contribution >= 0.6 is 11.6 Å². The monoisotopic (exact) mass is 254 g/mol. The van der Waals surface area contributed by atoms with Gasteiger partial charge in [0, 0.05) is 24.8 Å². The first-order chi connectivity index (χ1) is 8.08. The molecule has 1 N–H and O–H groups in total. The number of rotatable bonds is 4. The van der Waals surface area contributed by atoms with Crippen molar-refractivity contribution >= 4 is 34.8 Å². The third-order valence-corrected chi connectivity index (χ3v) is 2.58. The molecule has 0 aliphatic rings. The molecule has 0 fully saturated rings. The number of nitrogens with zero attached hydrogens (tertiary/aromatic N) is 1. The molecule has 92 valence electrons. The Kier molecular flexibility index (Phi) is 4.97. The highest BCUT2D eigenvalue weighted by molar-refractivity contribution is 6.29. The van der Waals surface area contributed by atoms with Crippen LogP contribution in [0.4, 0.5) is 11.4 Å². The topological polar surface area (TPSA) is 49.4 Å². The fraction of sp³-hybridized carbons (Fsp3) is 0.333. The van der Waals surface area contributed by atoms with Gasteiger partial charge in [-0.05, 0) is 24.3 Å². The molecule has 0 aliphatic carbocycles. The predicted molar refractivity (Wildman–Crippen MR) is 69.5 cm³/mol. The molecule has 0 saturated carbocycles. The molecule has 5 heteroatoms. The summed E-state index contributed by atoms with van der Waals surface area (Å²) in [5.74, 6) is -0.282. The summed E-state index contributed by atoms with van der Waals surface area (Å²) in [5, 5.41) is 2.63. The molecular formula is C12H15ClN2O2. The highest BCUT2D eigenvalue weighted by Crippen LogP contribution is 2.17. The van der Waals surface area contributed by atoms with Crippen LogP contribution in [0, 0.1) is 0 Å². The summed E-state index contributed by atoms with van der Waals surface area (Å²) in [6, 6.07) is 7.02. The number of halogens is 1. The number of alkyl halides is 1. The van der Waals surface area contributed by atoms with Crippen molar-refractivity contribution in [3.8, 4) is 0 Å². The minimum absolute atomic E-state index is 0.0440. The molecule has 0 unspecified atom stereocenters. The smallest absolute Gasteiger partial charge is 0.239 e. The first kappa shape index (κ1) is 13.5. The lowest BCUT2D eigenvalue weighted by Gasteiger charge is -2.16. The Balaban J connectivity index is 2.74. The molecule has 0 heterocycles. The summed E-state index contributed by atoms with van der Waals surface area (Å²) in [5.41, 5.74) is 1.46. The highest BCUT2D eigenvalue weighted by atomic mass is 35.5. The number of carbonyl (C=O) groups excluding carboxylic acids is 2. The molecule has 0 radical (unpaired) electrons. The Morgan fingerprint density at radius 2 is 1.88 bits per heavy atom. The van der Waals surface area contributed by atoms with Crippen LogP contribution in [0.3, 0.4) is 0 Å². The number of anilines is 2. The predicted octanol–water partition coefficient (Wildman–Crippen LogP) is 2.24. The summed E-state index contributed by atoms with van der Waals surface area (Å²) in [6.45, 7) is 1.81. The van der Waals surface area contributed by atoms with E-state index < -0.39 is 0 Å². The van der Waals surface area contributed by atoms with Crippen LogP contribution in [-0.4, -0.2) is 24.7 Å². The number of hydrogen-bond acceptors (Lipinski definition) is 2. The van der Waals surface area contributed by atoms with Gasteiger partial charge in [0.25, 0.3) is 0 Å². The van der Waals surface area contributed by atoms with E-state index in [1.807, 2.05) is 6.92 Å². The van der Waals surface area contributed by atoms with Gasteiger partial charge in [0.2, 0.25) is 11.8 Å². The van der Waals surface area contributed by atoms with E-state index in [0.29, 0.717) is 12.1 Å². The van der Waals surface area contributed by atoms with Crippen molar-refractivity contribution in [2.24, 2.45) is 0 Å². The van der Waals surface area contributed by atoms with Gasteiger partial charge in [-0.3, -0.25) is 9.59 Å². The Morgan fingerprint density at radius 1 is 1.29 bits per heavy atom. The quantitative estimate of drug-likeness (QED) is 0.838. The van der Waals surface area contributed by atoms with Crippen LogP contribution in [0.5, 0.6) is 0 Å². The van der Waals surface area contributed by atoms with Crippen LogP contribution < -0.4 is 10.2 Å². The molecule has 2 amide bonds. The number of benzene rings is 1. The average Bonchev–Trinajstić information content (AvgIpc) is 2.37. The van der Waals surface area contributed by atoms with Crippen LogP contribution in [0.1, 0.15) is 13.3 Å². The summed E-state index contributed by atoms with van der Waals surface area (Å²) < 4.78 is 0. The van der Waals surface area contributed by atoms with Gasteiger partial charge >= 0.3 is 0 Å². The fourth-order valence-corrected chi connectivity index (χ4v) is 1.41. The molecule has 0 aliphatic heterocycles. The highest BCUT2D eigenvalue weighted by Gasteiger charge is 2.08. The van der Waals surface area contributed by atoms with Gasteiger partial charge in [-0.15, -0.1) is 11.6 Å². The Hall–Kier alpha value is -1.55. The second-order valence-electron chi connectivity index (χ2n) is 3.53. The zero-order valence-electron chi connectivity index (χ0n) is 9.87. The second-order valence-corrected chi connectivity index (χ2v) is 3.80. The molecule has 0 atom stereocenters. The lowest BCUT2D eigenvalue weighted by Crippen LogP contribution is -2.24. The fourth-order valence-electron chi connectivity index (χ4n) is 1.34. The van der Waals surface area contributed by atoms with E-state index in [1.165, 1.54) is 0 Å². The molecule has 1 rings (SSSR count). The summed E-state index contributed by atoms with van der Waals surface area (Å²) in [6.07, 6.45) is 0.460. The molecule has 4 nitrogen and oxygen atoms in total. The lowest BCUT2D eigenvalue weighted by atomic mass is 10.2. The Morgan fingerprint density at radius 3 is 2.35 bits per heavy atom. The van der Waals surface area contributed by atoms with Gasteiger partial charge in [-0.25, -0.2) is 0 Å². The third kappa shape index (κ3) is 3.75. The first-order valence-electron chi connectivity index (χ1n) is 5.31. The van der Waals surface area contributed by atoms with Crippen molar-refractivity contribution in [1.82, 2.24) is 0 Å². The van der Waals surface area contributed by atoms with E-state index in [9.17, 15) is 9.59 Å². The minimum Gasteiger partial charge on any atom is -0.325 e. The van der Waals surface area contributed by atoms with E-state index in [1.54, 1.807) is 36.2 Å². The maximum atomic E-state index is 11.5. The number of nitrogens with one attached hydrogen (secondary N) is 1. The van der Waals surface area contributed by atoms with Crippen molar-refractivity contribution in [2.75, 3.05) is 23.1 Å². The van der Waals surface area contributed by atoms with Crippen molar-refractivity contribution in [1.29, 1.82) is 0 Å². The first-order valence-corrected chi connectivity index (χ1v) is 5.84. The SMILES string of the molecule is CCC(=O)N(C)c1ccc(NC(=O)CCl)cc1. The van der Waals surface area contributed by atoms with E-state index >= 15 is 0 Å². The van der Waals surface area contributed by atoms with Gasteiger partial charge in [0.1, 0.15) is 5.88 Å². The van der Waals surface area contributed by atoms with Gasteiger partial charge in [-0.1, -0.05) is 6.92 Å². The maximum Gasteiger partial charge on any atom is 0.239 e. The lowest BCUT2D eigenvalue weighted by molar-refractivity contribution is -0.118. The van der Waals surface area contributed by atoms with Crippen LogP contribution in [0.2, 0.25) is 0 Å². The number of carbonyl (C=O) groups is 2. The van der Waals surface area contributed by atoms with Gasteiger partial charge in [-0.2, -0.15) is 0 Å².